The number of halogens is 1. The quantitative estimate of drug-likeness (QED) is 0.815. The summed E-state index contributed by atoms with van der Waals surface area (Å²) in [7, 11) is 0. The maximum atomic E-state index is 11.9. The van der Waals surface area contributed by atoms with Crippen LogP contribution in [0, 0.1) is 13.8 Å². The van der Waals surface area contributed by atoms with Crippen molar-refractivity contribution in [2.24, 2.45) is 0 Å². The molecule has 2 amide bonds. The van der Waals surface area contributed by atoms with Crippen LogP contribution in [0.25, 0.3) is 0 Å². The minimum atomic E-state index is -0.700. The van der Waals surface area contributed by atoms with Crippen LogP contribution in [0.5, 0.6) is 0 Å². The van der Waals surface area contributed by atoms with Crippen LogP contribution >= 0.6 is 15.9 Å². The fourth-order valence-electron chi connectivity index (χ4n) is 1.75. The molecule has 0 fully saturated rings. The normalized spacial score (nSPS) is 10.0. The van der Waals surface area contributed by atoms with Crippen LogP contribution in [-0.4, -0.2) is 11.8 Å². The van der Waals surface area contributed by atoms with E-state index in [-0.39, 0.29) is 0 Å². The van der Waals surface area contributed by atoms with Crippen LogP contribution < -0.4 is 10.6 Å². The summed E-state index contributed by atoms with van der Waals surface area (Å²) in [5.41, 5.74) is 3.15. The highest BCUT2D eigenvalue weighted by Gasteiger charge is 2.15. The van der Waals surface area contributed by atoms with Gasteiger partial charge in [0.1, 0.15) is 0 Å². The third kappa shape index (κ3) is 3.92. The van der Waals surface area contributed by atoms with E-state index in [1.54, 1.807) is 24.3 Å². The van der Waals surface area contributed by atoms with E-state index in [9.17, 15) is 9.59 Å². The van der Waals surface area contributed by atoms with E-state index in [0.29, 0.717) is 11.4 Å². The Morgan fingerprint density at radius 1 is 0.905 bits per heavy atom. The number of hydrogen-bond donors (Lipinski definition) is 2. The van der Waals surface area contributed by atoms with Crippen molar-refractivity contribution in [2.45, 2.75) is 13.8 Å². The molecule has 0 unspecified atom stereocenters. The van der Waals surface area contributed by atoms with Crippen LogP contribution in [-0.2, 0) is 9.59 Å². The van der Waals surface area contributed by atoms with Crippen molar-refractivity contribution in [3.8, 4) is 0 Å². The molecule has 0 atom stereocenters. The fraction of sp³-hybridized carbons (Fsp3) is 0.125. The zero-order valence-corrected chi connectivity index (χ0v) is 13.3. The highest BCUT2D eigenvalue weighted by Crippen LogP contribution is 2.20. The molecule has 0 saturated heterocycles. The van der Waals surface area contributed by atoms with E-state index in [1.807, 2.05) is 32.0 Å². The molecule has 21 heavy (non-hydrogen) atoms. The van der Waals surface area contributed by atoms with E-state index >= 15 is 0 Å². The third-order valence-corrected chi connectivity index (χ3v) is 3.88. The molecular weight excluding hydrogens is 332 g/mol. The molecule has 0 saturated carbocycles. The predicted molar refractivity (Wildman–Crippen MR) is 87.3 cm³/mol. The Kier molecular flexibility index (Phi) is 4.75. The first-order valence-electron chi connectivity index (χ1n) is 6.41. The zero-order chi connectivity index (χ0) is 15.4. The van der Waals surface area contributed by atoms with Gasteiger partial charge in [-0.25, -0.2) is 0 Å². The van der Waals surface area contributed by atoms with E-state index < -0.39 is 11.8 Å². The van der Waals surface area contributed by atoms with Crippen LogP contribution in [0.1, 0.15) is 11.1 Å². The Bertz CT molecular complexity index is 698. The van der Waals surface area contributed by atoms with Gasteiger partial charge in [-0.1, -0.05) is 40.2 Å². The number of carbonyl (C=O) groups excluding carboxylic acids is 2. The Morgan fingerprint density at radius 2 is 1.57 bits per heavy atom. The minimum Gasteiger partial charge on any atom is -0.318 e. The standard InChI is InChI=1S/C16H15BrN2O2/c1-10-7-8-12(9-13(10)17)18-15(20)16(21)19-14-6-4-3-5-11(14)2/h3-9H,1-2H3,(H,18,20)(H,19,21). The maximum absolute atomic E-state index is 11.9. The molecule has 0 spiro atoms. The zero-order valence-electron chi connectivity index (χ0n) is 11.7. The van der Waals surface area contributed by atoms with Crippen molar-refractivity contribution < 1.29 is 9.59 Å². The smallest absolute Gasteiger partial charge is 0.314 e. The average molecular weight is 347 g/mol. The molecule has 2 aromatic rings. The molecule has 0 aromatic heterocycles. The highest BCUT2D eigenvalue weighted by atomic mass is 79.9. The Hall–Kier alpha value is -2.14. The topological polar surface area (TPSA) is 58.2 Å². The van der Waals surface area contributed by atoms with E-state index in [4.69, 9.17) is 0 Å². The van der Waals surface area contributed by atoms with Crippen LogP contribution in [0.15, 0.2) is 46.9 Å². The molecule has 4 nitrogen and oxygen atoms in total. The van der Waals surface area contributed by atoms with Crippen molar-refractivity contribution in [1.82, 2.24) is 0 Å². The van der Waals surface area contributed by atoms with Crippen molar-refractivity contribution in [3.63, 3.8) is 0 Å². The van der Waals surface area contributed by atoms with Crippen molar-refractivity contribution in [3.05, 3.63) is 58.1 Å². The minimum absolute atomic E-state index is 0.567. The van der Waals surface area contributed by atoms with Crippen molar-refractivity contribution in [2.75, 3.05) is 10.6 Å². The SMILES string of the molecule is Cc1ccc(NC(=O)C(=O)Nc2ccccc2C)cc1Br. The van der Waals surface area contributed by atoms with E-state index in [1.165, 1.54) is 0 Å². The summed E-state index contributed by atoms with van der Waals surface area (Å²) in [5, 5.41) is 5.16. The fourth-order valence-corrected chi connectivity index (χ4v) is 2.13. The lowest BCUT2D eigenvalue weighted by Gasteiger charge is -2.09. The number of carbonyl (C=O) groups is 2. The van der Waals surface area contributed by atoms with Crippen LogP contribution in [0.3, 0.4) is 0 Å². The molecular formula is C16H15BrN2O2. The molecule has 0 heterocycles. The van der Waals surface area contributed by atoms with Crippen molar-refractivity contribution >= 4 is 39.1 Å². The summed E-state index contributed by atoms with van der Waals surface area (Å²) in [6.45, 7) is 3.81. The number of aryl methyl sites for hydroxylation is 2. The molecule has 0 aliphatic carbocycles. The number of amides is 2. The molecule has 108 valence electrons. The molecule has 0 aliphatic heterocycles. The summed E-state index contributed by atoms with van der Waals surface area (Å²) >= 11 is 3.38. The van der Waals surface area contributed by atoms with Crippen LogP contribution in [0.4, 0.5) is 11.4 Å². The number of hydrogen-bond acceptors (Lipinski definition) is 2. The second-order valence-electron chi connectivity index (χ2n) is 4.69. The highest BCUT2D eigenvalue weighted by molar-refractivity contribution is 9.10. The first-order chi connectivity index (χ1) is 9.97. The summed E-state index contributed by atoms with van der Waals surface area (Å²) in [4.78, 5) is 23.8. The van der Waals surface area contributed by atoms with Gasteiger partial charge >= 0.3 is 11.8 Å². The number of anilines is 2. The Balaban J connectivity index is 2.04. The van der Waals surface area contributed by atoms with Crippen molar-refractivity contribution in [1.29, 1.82) is 0 Å². The largest absolute Gasteiger partial charge is 0.318 e. The first-order valence-corrected chi connectivity index (χ1v) is 7.21. The van der Waals surface area contributed by atoms with Gasteiger partial charge in [0.25, 0.3) is 0 Å². The lowest BCUT2D eigenvalue weighted by molar-refractivity contribution is -0.133. The van der Waals surface area contributed by atoms with Gasteiger partial charge in [0.05, 0.1) is 0 Å². The van der Waals surface area contributed by atoms with Gasteiger partial charge in [-0.15, -0.1) is 0 Å². The van der Waals surface area contributed by atoms with Gasteiger partial charge in [0.15, 0.2) is 0 Å². The lowest BCUT2D eigenvalue weighted by Crippen LogP contribution is -2.29. The van der Waals surface area contributed by atoms with Gasteiger partial charge < -0.3 is 10.6 Å². The van der Waals surface area contributed by atoms with Gasteiger partial charge in [0.2, 0.25) is 0 Å². The number of rotatable bonds is 2. The lowest BCUT2D eigenvalue weighted by atomic mass is 10.2. The Labute approximate surface area is 131 Å². The third-order valence-electron chi connectivity index (χ3n) is 3.03. The monoisotopic (exact) mass is 346 g/mol. The molecule has 5 heteroatoms. The summed E-state index contributed by atoms with van der Waals surface area (Å²) in [6, 6.07) is 12.7. The van der Waals surface area contributed by atoms with E-state index in [2.05, 4.69) is 26.6 Å². The molecule has 2 N–H and O–H groups in total. The molecule has 0 bridgehead atoms. The second-order valence-corrected chi connectivity index (χ2v) is 5.54. The number of benzene rings is 2. The van der Waals surface area contributed by atoms with Crippen LogP contribution in [0.2, 0.25) is 0 Å². The summed E-state index contributed by atoms with van der Waals surface area (Å²) in [5.74, 6) is -1.39. The second kappa shape index (κ2) is 6.54. The van der Waals surface area contributed by atoms with E-state index in [0.717, 1.165) is 15.6 Å². The summed E-state index contributed by atoms with van der Waals surface area (Å²) < 4.78 is 0.875. The number of nitrogens with one attached hydrogen (secondary N) is 2. The maximum Gasteiger partial charge on any atom is 0.314 e. The first kappa shape index (κ1) is 15.3. The van der Waals surface area contributed by atoms with Gasteiger partial charge in [-0.3, -0.25) is 9.59 Å². The summed E-state index contributed by atoms with van der Waals surface area (Å²) in [6.07, 6.45) is 0. The molecule has 2 aromatic carbocycles. The molecule has 0 radical (unpaired) electrons. The molecule has 0 aliphatic rings. The van der Waals surface area contributed by atoms with Gasteiger partial charge in [0, 0.05) is 15.8 Å². The average Bonchev–Trinajstić information content (AvgIpc) is 2.45. The van der Waals surface area contributed by atoms with Gasteiger partial charge in [-0.05, 0) is 43.2 Å². The number of para-hydroxylation sites is 1. The predicted octanol–water partition coefficient (Wildman–Crippen LogP) is 3.64. The molecule has 2 rings (SSSR count). The van der Waals surface area contributed by atoms with Gasteiger partial charge in [-0.2, -0.15) is 0 Å². The Morgan fingerprint density at radius 3 is 2.24 bits per heavy atom.